The number of para-hydroxylation sites is 3. The van der Waals surface area contributed by atoms with Crippen molar-refractivity contribution in [2.24, 2.45) is 0 Å². The van der Waals surface area contributed by atoms with Gasteiger partial charge in [0.2, 0.25) is 0 Å². The van der Waals surface area contributed by atoms with Gasteiger partial charge in [-0.1, -0.05) is 176 Å². The number of aromatic nitrogens is 5. The number of rotatable bonds is 6. The Bertz CT molecular complexity index is 4620. The van der Waals surface area contributed by atoms with Gasteiger partial charge in [0.15, 0.2) is 17.5 Å². The summed E-state index contributed by atoms with van der Waals surface area (Å²) in [5, 5.41) is 11.1. The van der Waals surface area contributed by atoms with Gasteiger partial charge in [0.25, 0.3) is 0 Å². The van der Waals surface area contributed by atoms with Gasteiger partial charge in [0.05, 0.1) is 38.7 Å². The highest BCUT2D eigenvalue weighted by Crippen LogP contribution is 2.45. The van der Waals surface area contributed by atoms with Gasteiger partial charge in [-0.05, 0) is 87.9 Å². The Hall–Kier alpha value is -9.65. The second-order valence-electron chi connectivity index (χ2n) is 18.3. The van der Waals surface area contributed by atoms with Crippen LogP contribution in [0.4, 0.5) is 0 Å². The normalized spacial score (nSPS) is 11.9. The van der Waals surface area contributed by atoms with Crippen LogP contribution in [0, 0.1) is 0 Å². The summed E-state index contributed by atoms with van der Waals surface area (Å²) in [7, 11) is 0. The van der Waals surface area contributed by atoms with Gasteiger partial charge in [-0.2, -0.15) is 0 Å². The first-order valence-electron chi connectivity index (χ1n) is 24.0. The predicted octanol–water partition coefficient (Wildman–Crippen LogP) is 16.9. The number of hydrogen-bond acceptors (Lipinski definition) is 4. The fraction of sp³-hybridized carbons (Fsp3) is 0. The second kappa shape index (κ2) is 15.4. The lowest BCUT2D eigenvalue weighted by atomic mass is 10.0. The Kier molecular flexibility index (Phi) is 8.56. The fourth-order valence-corrected chi connectivity index (χ4v) is 11.1. The summed E-state index contributed by atoms with van der Waals surface area (Å²) < 4.78 is 12.0. The van der Waals surface area contributed by atoms with Gasteiger partial charge in [0, 0.05) is 49.1 Å². The minimum absolute atomic E-state index is 0.522. The molecule has 0 spiro atoms. The van der Waals surface area contributed by atoms with Crippen LogP contribution in [0.25, 0.3) is 144 Å². The molecule has 0 atom stereocenters. The van der Waals surface area contributed by atoms with Crippen LogP contribution >= 0.6 is 0 Å². The van der Waals surface area contributed by atoms with Crippen LogP contribution < -0.4 is 0 Å². The highest BCUT2D eigenvalue weighted by molar-refractivity contribution is 6.22. The van der Waals surface area contributed by atoms with E-state index in [0.717, 1.165) is 99.2 Å². The summed E-state index contributed by atoms with van der Waals surface area (Å²) in [5.41, 5.74) is 12.9. The lowest BCUT2D eigenvalue weighted by Gasteiger charge is -2.13. The van der Waals surface area contributed by atoms with Gasteiger partial charge >= 0.3 is 0 Å². The molecule has 0 saturated carbocycles. The molecule has 4 aromatic heterocycles. The topological polar surface area (TPSA) is 61.7 Å². The Morgan fingerprint density at radius 3 is 1.68 bits per heavy atom. The number of benzene rings is 11. The van der Waals surface area contributed by atoms with Crippen LogP contribution in [-0.4, -0.2) is 24.1 Å². The van der Waals surface area contributed by atoms with Crippen molar-refractivity contribution in [3.8, 4) is 56.7 Å². The maximum absolute atomic E-state index is 7.30. The number of fused-ring (bicyclic) bond motifs is 12. The van der Waals surface area contributed by atoms with Crippen molar-refractivity contribution in [2.45, 2.75) is 0 Å². The van der Waals surface area contributed by atoms with E-state index < -0.39 is 0 Å². The van der Waals surface area contributed by atoms with Crippen LogP contribution in [0.2, 0.25) is 0 Å². The molecule has 0 amide bonds. The maximum atomic E-state index is 7.30. The molecule has 4 heterocycles. The first-order valence-corrected chi connectivity index (χ1v) is 24.0. The summed E-state index contributed by atoms with van der Waals surface area (Å²) in [4.78, 5) is 16.3. The van der Waals surface area contributed by atoms with E-state index in [-0.39, 0.29) is 0 Å². The molecule has 0 saturated heterocycles. The van der Waals surface area contributed by atoms with E-state index in [1.165, 1.54) is 21.5 Å². The molecule has 6 heteroatoms. The molecule has 0 fully saturated rings. The maximum Gasteiger partial charge on any atom is 0.167 e. The van der Waals surface area contributed by atoms with Crippen LogP contribution in [0.5, 0.6) is 0 Å². The molecule has 330 valence electrons. The van der Waals surface area contributed by atoms with E-state index in [1.807, 2.05) is 6.07 Å². The number of nitrogens with zero attached hydrogens (tertiary/aromatic N) is 5. The fourth-order valence-electron chi connectivity index (χ4n) is 11.1. The van der Waals surface area contributed by atoms with Gasteiger partial charge in [-0.3, -0.25) is 0 Å². The summed E-state index contributed by atoms with van der Waals surface area (Å²) in [6.45, 7) is 0. The molecule has 0 aliphatic heterocycles. The first kappa shape index (κ1) is 39.4. The Morgan fingerprint density at radius 1 is 0.296 bits per heavy atom. The monoisotopic (exact) mass is 905 g/mol. The van der Waals surface area contributed by atoms with Crippen molar-refractivity contribution in [1.82, 2.24) is 24.1 Å². The van der Waals surface area contributed by atoms with Crippen LogP contribution in [0.3, 0.4) is 0 Å². The van der Waals surface area contributed by atoms with E-state index >= 15 is 0 Å². The van der Waals surface area contributed by atoms with E-state index in [1.54, 1.807) is 0 Å². The van der Waals surface area contributed by atoms with Crippen LogP contribution in [-0.2, 0) is 0 Å². The van der Waals surface area contributed by atoms with Crippen LogP contribution in [0.1, 0.15) is 0 Å². The van der Waals surface area contributed by atoms with Crippen LogP contribution in [0.15, 0.2) is 241 Å². The first-order chi connectivity index (χ1) is 35.2. The lowest BCUT2D eigenvalue weighted by Crippen LogP contribution is -2.02. The van der Waals surface area contributed by atoms with Crippen molar-refractivity contribution >= 4 is 87.1 Å². The summed E-state index contributed by atoms with van der Waals surface area (Å²) >= 11 is 0. The van der Waals surface area contributed by atoms with Gasteiger partial charge in [-0.25, -0.2) is 15.0 Å². The molecule has 0 unspecified atom stereocenters. The molecule has 71 heavy (non-hydrogen) atoms. The zero-order valence-corrected chi connectivity index (χ0v) is 38.2. The van der Waals surface area contributed by atoms with Crippen molar-refractivity contribution < 1.29 is 4.42 Å². The summed E-state index contributed by atoms with van der Waals surface area (Å²) in [5.74, 6) is 1.67. The third-order valence-electron chi connectivity index (χ3n) is 14.3. The smallest absolute Gasteiger partial charge is 0.167 e. The quantitative estimate of drug-likeness (QED) is 0.167. The molecule has 0 aliphatic carbocycles. The van der Waals surface area contributed by atoms with Crippen molar-refractivity contribution in [3.05, 3.63) is 237 Å². The van der Waals surface area contributed by atoms with Crippen molar-refractivity contribution in [1.29, 1.82) is 0 Å². The zero-order chi connectivity index (χ0) is 46.6. The molecule has 0 aliphatic rings. The molecule has 11 aromatic carbocycles. The molecule has 15 aromatic rings. The largest absolute Gasteiger partial charge is 0.455 e. The second-order valence-corrected chi connectivity index (χ2v) is 18.3. The minimum Gasteiger partial charge on any atom is -0.455 e. The molecule has 15 rings (SSSR count). The van der Waals surface area contributed by atoms with Crippen molar-refractivity contribution in [3.63, 3.8) is 0 Å². The Balaban J connectivity index is 1.03. The Labute approximate surface area is 407 Å². The minimum atomic E-state index is 0.522. The number of hydrogen-bond donors (Lipinski definition) is 0. The molecule has 0 N–H and O–H groups in total. The highest BCUT2D eigenvalue weighted by Gasteiger charge is 2.25. The van der Waals surface area contributed by atoms with Gasteiger partial charge in [0.1, 0.15) is 11.2 Å². The number of furan rings is 1. The summed E-state index contributed by atoms with van der Waals surface area (Å²) in [6.07, 6.45) is 0. The lowest BCUT2D eigenvalue weighted by molar-refractivity contribution is 0.673. The SMILES string of the molecule is c1ccc(-c2ccc(-c3nc(-c4ccc(-n5c6ccccc6c6cc7ccccc7cc65)c5c4oc4c6ccccc6ccc45)nc(-c4cccc5c4c4ccccc4n5-c4ccccc4)n3)cc2)cc1. The van der Waals surface area contributed by atoms with E-state index in [9.17, 15) is 0 Å². The molecule has 0 bridgehead atoms. The van der Waals surface area contributed by atoms with E-state index in [0.29, 0.717) is 23.1 Å². The van der Waals surface area contributed by atoms with E-state index in [2.05, 4.69) is 240 Å². The van der Waals surface area contributed by atoms with Crippen molar-refractivity contribution in [2.75, 3.05) is 0 Å². The third-order valence-corrected chi connectivity index (χ3v) is 14.3. The molecule has 6 nitrogen and oxygen atoms in total. The molecular weight excluding hydrogens is 867 g/mol. The van der Waals surface area contributed by atoms with E-state index in [4.69, 9.17) is 19.4 Å². The average molecular weight is 906 g/mol. The highest BCUT2D eigenvalue weighted by atomic mass is 16.3. The third kappa shape index (κ3) is 6.05. The zero-order valence-electron chi connectivity index (χ0n) is 38.2. The average Bonchev–Trinajstić information content (AvgIpc) is 4.11. The standard InChI is InChI=1S/C65H39N5O/c1-3-16-40(17-4-1)41-30-32-43(33-31-41)63-66-64(51-26-15-29-56-59(51)49-25-12-14-28-55(49)69(56)46-21-5-2-6-22-46)68-65(67-63)52-36-37-57(60-50-35-34-42-18-9-10-23-47(42)61(50)71-62(52)60)70-54-27-13-11-24-48(54)53-38-44-19-7-8-20-45(44)39-58(53)70/h1-39H. The predicted molar refractivity (Wildman–Crippen MR) is 293 cm³/mol. The molecule has 0 radical (unpaired) electrons. The van der Waals surface area contributed by atoms with Gasteiger partial charge < -0.3 is 13.6 Å². The summed E-state index contributed by atoms with van der Waals surface area (Å²) in [6, 6.07) is 83.8. The Morgan fingerprint density at radius 2 is 0.887 bits per heavy atom. The van der Waals surface area contributed by atoms with Gasteiger partial charge in [-0.15, -0.1) is 0 Å². The molecular formula is C65H39N5O.